The van der Waals surface area contributed by atoms with Crippen LogP contribution in [-0.4, -0.2) is 42.9 Å². The number of nitrogens with zero attached hydrogens (tertiary/aromatic N) is 2. The Bertz CT molecular complexity index is 1170. The molecule has 0 radical (unpaired) electrons. The largest absolute Gasteiger partial charge is 0.355 e. The second kappa shape index (κ2) is 12.5. The number of benzene rings is 3. The van der Waals surface area contributed by atoms with Crippen LogP contribution in [0.15, 0.2) is 72.8 Å². The SMILES string of the molecule is Cc1ccc(CN(C(=O)c2ccccc2C)c2cccc(CC(=O)NCCN3CCCCC3)c2)cc1. The highest BCUT2D eigenvalue weighted by Gasteiger charge is 2.20. The van der Waals surface area contributed by atoms with Crippen LogP contribution < -0.4 is 10.2 Å². The molecular weight excluding hydrogens is 446 g/mol. The van der Waals surface area contributed by atoms with Gasteiger partial charge in [-0.15, -0.1) is 0 Å². The van der Waals surface area contributed by atoms with Gasteiger partial charge in [-0.25, -0.2) is 0 Å². The van der Waals surface area contributed by atoms with E-state index in [2.05, 4.69) is 41.4 Å². The first-order valence-electron chi connectivity index (χ1n) is 13.0. The fraction of sp³-hybridized carbons (Fsp3) is 0.355. The van der Waals surface area contributed by atoms with Crippen molar-refractivity contribution in [2.75, 3.05) is 31.1 Å². The predicted molar refractivity (Wildman–Crippen MR) is 146 cm³/mol. The molecule has 5 nitrogen and oxygen atoms in total. The van der Waals surface area contributed by atoms with Crippen LogP contribution in [0.3, 0.4) is 0 Å². The monoisotopic (exact) mass is 483 g/mol. The maximum absolute atomic E-state index is 13.7. The summed E-state index contributed by atoms with van der Waals surface area (Å²) in [6.07, 6.45) is 4.11. The van der Waals surface area contributed by atoms with E-state index in [4.69, 9.17) is 0 Å². The van der Waals surface area contributed by atoms with Crippen molar-refractivity contribution in [1.82, 2.24) is 10.2 Å². The van der Waals surface area contributed by atoms with Crippen molar-refractivity contribution < 1.29 is 9.59 Å². The molecule has 36 heavy (non-hydrogen) atoms. The predicted octanol–water partition coefficient (Wildman–Crippen LogP) is 5.30. The molecule has 1 fully saturated rings. The van der Waals surface area contributed by atoms with E-state index in [0.29, 0.717) is 25.1 Å². The maximum Gasteiger partial charge on any atom is 0.258 e. The van der Waals surface area contributed by atoms with Gasteiger partial charge in [-0.2, -0.15) is 0 Å². The number of carbonyl (C=O) groups excluding carboxylic acids is 2. The number of amides is 2. The second-order valence-electron chi connectivity index (χ2n) is 9.79. The lowest BCUT2D eigenvalue weighted by Gasteiger charge is -2.26. The average Bonchev–Trinajstić information content (AvgIpc) is 2.89. The number of piperidine rings is 1. The van der Waals surface area contributed by atoms with Gasteiger partial charge in [0.05, 0.1) is 13.0 Å². The van der Waals surface area contributed by atoms with Crippen molar-refractivity contribution in [3.63, 3.8) is 0 Å². The molecule has 2 amide bonds. The number of hydrogen-bond acceptors (Lipinski definition) is 3. The Morgan fingerprint density at radius 3 is 2.36 bits per heavy atom. The van der Waals surface area contributed by atoms with Gasteiger partial charge in [0.2, 0.25) is 5.91 Å². The van der Waals surface area contributed by atoms with Gasteiger partial charge in [0.15, 0.2) is 0 Å². The molecule has 0 aromatic heterocycles. The third-order valence-electron chi connectivity index (χ3n) is 6.87. The molecule has 0 bridgehead atoms. The van der Waals surface area contributed by atoms with E-state index >= 15 is 0 Å². The first-order valence-corrected chi connectivity index (χ1v) is 13.0. The standard InChI is InChI=1S/C31H37N3O2/c1-24-13-15-26(16-14-24)23-34(31(36)29-12-5-4-9-25(29)2)28-11-8-10-27(21-28)22-30(35)32-17-20-33-18-6-3-7-19-33/h4-5,8-16,21H,3,6-7,17-20,22-23H2,1-2H3,(H,32,35). The Labute approximate surface area is 215 Å². The highest BCUT2D eigenvalue weighted by Crippen LogP contribution is 2.23. The van der Waals surface area contributed by atoms with Crippen molar-refractivity contribution in [2.24, 2.45) is 0 Å². The lowest BCUT2D eigenvalue weighted by atomic mass is 10.0. The van der Waals surface area contributed by atoms with Crippen molar-refractivity contribution in [3.05, 3.63) is 101 Å². The van der Waals surface area contributed by atoms with Crippen LogP contribution in [0.25, 0.3) is 0 Å². The topological polar surface area (TPSA) is 52.7 Å². The van der Waals surface area contributed by atoms with Crippen LogP contribution in [0.2, 0.25) is 0 Å². The molecule has 3 aromatic rings. The molecule has 5 heteroatoms. The molecule has 188 valence electrons. The number of rotatable bonds is 9. The molecule has 1 N–H and O–H groups in total. The number of nitrogens with one attached hydrogen (secondary N) is 1. The third-order valence-corrected chi connectivity index (χ3v) is 6.87. The van der Waals surface area contributed by atoms with E-state index < -0.39 is 0 Å². The zero-order valence-corrected chi connectivity index (χ0v) is 21.5. The summed E-state index contributed by atoms with van der Waals surface area (Å²) in [5, 5.41) is 3.07. The molecule has 1 aliphatic rings. The molecule has 0 saturated carbocycles. The Morgan fingerprint density at radius 1 is 0.861 bits per heavy atom. The number of carbonyl (C=O) groups is 2. The second-order valence-corrected chi connectivity index (χ2v) is 9.79. The molecular formula is C31H37N3O2. The van der Waals surface area contributed by atoms with Gasteiger partial charge < -0.3 is 15.1 Å². The van der Waals surface area contributed by atoms with Crippen molar-refractivity contribution in [2.45, 2.75) is 46.1 Å². The normalized spacial score (nSPS) is 13.8. The lowest BCUT2D eigenvalue weighted by molar-refractivity contribution is -0.120. The van der Waals surface area contributed by atoms with Gasteiger partial charge in [0, 0.05) is 24.3 Å². The molecule has 0 spiro atoms. The summed E-state index contributed by atoms with van der Waals surface area (Å²) in [4.78, 5) is 30.6. The number of anilines is 1. The van der Waals surface area contributed by atoms with Crippen molar-refractivity contribution in [1.29, 1.82) is 0 Å². The Hall–Kier alpha value is -3.44. The lowest BCUT2D eigenvalue weighted by Crippen LogP contribution is -2.38. The van der Waals surface area contributed by atoms with Gasteiger partial charge in [-0.1, -0.05) is 66.6 Å². The van der Waals surface area contributed by atoms with Gasteiger partial charge in [-0.05, 0) is 74.7 Å². The summed E-state index contributed by atoms with van der Waals surface area (Å²) in [5.41, 5.74) is 5.57. The number of hydrogen-bond donors (Lipinski definition) is 1. The van der Waals surface area contributed by atoms with E-state index in [-0.39, 0.29) is 11.8 Å². The van der Waals surface area contributed by atoms with Crippen LogP contribution in [0, 0.1) is 13.8 Å². The van der Waals surface area contributed by atoms with Gasteiger partial charge in [-0.3, -0.25) is 9.59 Å². The molecule has 0 unspecified atom stereocenters. The summed E-state index contributed by atoms with van der Waals surface area (Å²) in [6.45, 7) is 8.31. The van der Waals surface area contributed by atoms with Crippen LogP contribution in [0.5, 0.6) is 0 Å². The molecule has 1 saturated heterocycles. The average molecular weight is 484 g/mol. The zero-order chi connectivity index (χ0) is 25.3. The van der Waals surface area contributed by atoms with Crippen LogP contribution in [0.1, 0.15) is 51.9 Å². The molecule has 0 aliphatic carbocycles. The van der Waals surface area contributed by atoms with E-state index in [1.807, 2.05) is 60.4 Å². The molecule has 4 rings (SSSR count). The highest BCUT2D eigenvalue weighted by atomic mass is 16.2. The first-order chi connectivity index (χ1) is 17.5. The van der Waals surface area contributed by atoms with E-state index in [9.17, 15) is 9.59 Å². The van der Waals surface area contributed by atoms with Gasteiger partial charge in [0.25, 0.3) is 5.91 Å². The Morgan fingerprint density at radius 2 is 1.61 bits per heavy atom. The summed E-state index contributed by atoms with van der Waals surface area (Å²) in [7, 11) is 0. The minimum Gasteiger partial charge on any atom is -0.355 e. The summed E-state index contributed by atoms with van der Waals surface area (Å²) < 4.78 is 0. The Balaban J connectivity index is 1.48. The van der Waals surface area contributed by atoms with E-state index in [1.165, 1.54) is 24.8 Å². The fourth-order valence-corrected chi connectivity index (χ4v) is 4.73. The quantitative estimate of drug-likeness (QED) is 0.450. The van der Waals surface area contributed by atoms with Crippen molar-refractivity contribution in [3.8, 4) is 0 Å². The van der Waals surface area contributed by atoms with Gasteiger partial charge >= 0.3 is 0 Å². The molecule has 0 atom stereocenters. The summed E-state index contributed by atoms with van der Waals surface area (Å²) in [5.74, 6) is -0.0312. The minimum absolute atomic E-state index is 0.0134. The van der Waals surface area contributed by atoms with Crippen LogP contribution in [0.4, 0.5) is 5.69 Å². The minimum atomic E-state index is -0.0446. The smallest absolute Gasteiger partial charge is 0.258 e. The molecule has 1 aliphatic heterocycles. The number of aryl methyl sites for hydroxylation is 2. The van der Waals surface area contributed by atoms with E-state index in [0.717, 1.165) is 42.0 Å². The molecule has 3 aromatic carbocycles. The van der Waals surface area contributed by atoms with Crippen molar-refractivity contribution >= 4 is 17.5 Å². The fourth-order valence-electron chi connectivity index (χ4n) is 4.73. The maximum atomic E-state index is 13.7. The summed E-state index contributed by atoms with van der Waals surface area (Å²) in [6, 6.07) is 23.7. The van der Waals surface area contributed by atoms with E-state index in [1.54, 1.807) is 0 Å². The number of likely N-dealkylation sites (tertiary alicyclic amines) is 1. The van der Waals surface area contributed by atoms with Crippen LogP contribution >= 0.6 is 0 Å². The zero-order valence-electron chi connectivity index (χ0n) is 21.5. The molecule has 1 heterocycles. The highest BCUT2D eigenvalue weighted by molar-refractivity contribution is 6.07. The third kappa shape index (κ3) is 7.05. The van der Waals surface area contributed by atoms with Crippen LogP contribution in [-0.2, 0) is 17.8 Å². The van der Waals surface area contributed by atoms with Gasteiger partial charge in [0.1, 0.15) is 0 Å². The summed E-state index contributed by atoms with van der Waals surface area (Å²) >= 11 is 0. The first kappa shape index (κ1) is 25.6. The Kier molecular flexibility index (Phi) is 8.90.